The zero-order valence-electron chi connectivity index (χ0n) is 9.16. The van der Waals surface area contributed by atoms with Crippen molar-refractivity contribution in [2.45, 2.75) is 57.0 Å². The molecule has 2 N–H and O–H groups in total. The summed E-state index contributed by atoms with van der Waals surface area (Å²) < 4.78 is 0. The average molecular weight is 206 g/mol. The Morgan fingerprint density at radius 3 is 3.00 bits per heavy atom. The van der Waals surface area contributed by atoms with E-state index in [9.17, 15) is 0 Å². The standard InChI is InChI=1S/C11H18N4/c1-2-3-10-13-11(15-14-10)8-6-7-4-5-9(8)12-7/h7-9,12H,2-6H2,1H3,(H,13,14,15). The van der Waals surface area contributed by atoms with Crippen molar-refractivity contribution in [2.75, 3.05) is 0 Å². The van der Waals surface area contributed by atoms with Crippen molar-refractivity contribution in [1.29, 1.82) is 0 Å². The molecular weight excluding hydrogens is 188 g/mol. The molecule has 0 radical (unpaired) electrons. The molecule has 3 rings (SSSR count). The van der Waals surface area contributed by atoms with Crippen LogP contribution >= 0.6 is 0 Å². The normalized spacial score (nSPS) is 33.8. The lowest BCUT2D eigenvalue weighted by Gasteiger charge is -2.16. The van der Waals surface area contributed by atoms with Crippen LogP contribution in [0.5, 0.6) is 0 Å². The number of H-pyrrole nitrogens is 1. The van der Waals surface area contributed by atoms with E-state index in [4.69, 9.17) is 0 Å². The smallest absolute Gasteiger partial charge is 0.155 e. The van der Waals surface area contributed by atoms with Gasteiger partial charge in [-0.1, -0.05) is 6.92 Å². The Labute approximate surface area is 89.9 Å². The Balaban J connectivity index is 1.75. The van der Waals surface area contributed by atoms with Crippen LogP contribution in [-0.4, -0.2) is 27.3 Å². The molecule has 2 fully saturated rings. The van der Waals surface area contributed by atoms with Crippen LogP contribution in [0.3, 0.4) is 0 Å². The van der Waals surface area contributed by atoms with Crippen molar-refractivity contribution in [2.24, 2.45) is 0 Å². The second-order valence-electron chi connectivity index (χ2n) is 4.78. The van der Waals surface area contributed by atoms with Gasteiger partial charge in [0.05, 0.1) is 0 Å². The summed E-state index contributed by atoms with van der Waals surface area (Å²) in [6.45, 7) is 2.17. The van der Waals surface area contributed by atoms with Gasteiger partial charge >= 0.3 is 0 Å². The van der Waals surface area contributed by atoms with Gasteiger partial charge in [0.25, 0.3) is 0 Å². The average Bonchev–Trinajstić information content (AvgIpc) is 2.91. The van der Waals surface area contributed by atoms with Gasteiger partial charge in [-0.05, 0) is 25.7 Å². The monoisotopic (exact) mass is 206 g/mol. The van der Waals surface area contributed by atoms with Crippen LogP contribution in [-0.2, 0) is 6.42 Å². The summed E-state index contributed by atoms with van der Waals surface area (Å²) in [6, 6.07) is 1.37. The number of aryl methyl sites for hydroxylation is 1. The van der Waals surface area contributed by atoms with Crippen LogP contribution in [0.25, 0.3) is 0 Å². The van der Waals surface area contributed by atoms with Crippen LogP contribution in [0.4, 0.5) is 0 Å². The van der Waals surface area contributed by atoms with E-state index < -0.39 is 0 Å². The minimum atomic E-state index is 0.561. The number of aromatic amines is 1. The van der Waals surface area contributed by atoms with Crippen LogP contribution in [0.1, 0.15) is 50.2 Å². The van der Waals surface area contributed by atoms with Gasteiger partial charge in [0.15, 0.2) is 5.82 Å². The molecule has 0 spiro atoms. The Morgan fingerprint density at radius 2 is 2.33 bits per heavy atom. The summed E-state index contributed by atoms with van der Waals surface area (Å²) in [7, 11) is 0. The van der Waals surface area contributed by atoms with Gasteiger partial charge in [0.2, 0.25) is 0 Å². The second-order valence-corrected chi connectivity index (χ2v) is 4.78. The molecule has 0 amide bonds. The van der Waals surface area contributed by atoms with E-state index in [1.807, 2.05) is 0 Å². The molecule has 82 valence electrons. The number of aromatic nitrogens is 3. The number of rotatable bonds is 3. The van der Waals surface area contributed by atoms with Gasteiger partial charge < -0.3 is 5.32 Å². The van der Waals surface area contributed by atoms with Crippen molar-refractivity contribution >= 4 is 0 Å². The van der Waals surface area contributed by atoms with Gasteiger partial charge in [-0.25, -0.2) is 4.98 Å². The first-order valence-corrected chi connectivity index (χ1v) is 6.04. The highest BCUT2D eigenvalue weighted by Gasteiger charge is 2.41. The molecule has 2 aliphatic heterocycles. The maximum Gasteiger partial charge on any atom is 0.155 e. The highest BCUT2D eigenvalue weighted by Crippen LogP contribution is 2.38. The van der Waals surface area contributed by atoms with E-state index in [0.29, 0.717) is 12.0 Å². The summed E-state index contributed by atoms with van der Waals surface area (Å²) in [5.41, 5.74) is 0. The molecule has 2 bridgehead atoms. The predicted molar refractivity (Wildman–Crippen MR) is 57.7 cm³/mol. The number of nitrogens with one attached hydrogen (secondary N) is 2. The van der Waals surface area contributed by atoms with E-state index in [1.54, 1.807) is 0 Å². The molecule has 4 nitrogen and oxygen atoms in total. The molecule has 1 aromatic heterocycles. The maximum absolute atomic E-state index is 4.59. The van der Waals surface area contributed by atoms with E-state index >= 15 is 0 Å². The molecule has 2 saturated heterocycles. The third-order valence-electron chi connectivity index (χ3n) is 3.67. The third-order valence-corrected chi connectivity index (χ3v) is 3.67. The minimum Gasteiger partial charge on any atom is -0.310 e. The van der Waals surface area contributed by atoms with Crippen LogP contribution in [0.2, 0.25) is 0 Å². The molecule has 3 unspecified atom stereocenters. The highest BCUT2D eigenvalue weighted by atomic mass is 15.2. The largest absolute Gasteiger partial charge is 0.310 e. The molecule has 0 aliphatic carbocycles. The summed E-state index contributed by atoms with van der Waals surface area (Å²) in [5, 5.41) is 11.0. The predicted octanol–water partition coefficient (Wildman–Crippen LogP) is 1.37. The van der Waals surface area contributed by atoms with Gasteiger partial charge in [-0.2, -0.15) is 5.10 Å². The Bertz CT molecular complexity index is 346. The molecule has 15 heavy (non-hydrogen) atoms. The summed E-state index contributed by atoms with van der Waals surface area (Å²) >= 11 is 0. The lowest BCUT2D eigenvalue weighted by atomic mass is 9.89. The van der Waals surface area contributed by atoms with Crippen LogP contribution in [0.15, 0.2) is 0 Å². The molecule has 2 aliphatic rings. The van der Waals surface area contributed by atoms with Crippen LogP contribution in [0, 0.1) is 0 Å². The Kier molecular flexibility index (Phi) is 2.24. The van der Waals surface area contributed by atoms with Crippen molar-refractivity contribution in [3.63, 3.8) is 0 Å². The van der Waals surface area contributed by atoms with Crippen molar-refractivity contribution < 1.29 is 0 Å². The molecule has 0 saturated carbocycles. The van der Waals surface area contributed by atoms with Gasteiger partial charge in [-0.15, -0.1) is 0 Å². The molecular formula is C11H18N4. The molecule has 4 heteroatoms. The molecule has 1 aromatic rings. The second kappa shape index (κ2) is 3.59. The van der Waals surface area contributed by atoms with E-state index in [1.165, 1.54) is 19.3 Å². The van der Waals surface area contributed by atoms with E-state index in [2.05, 4.69) is 27.4 Å². The topological polar surface area (TPSA) is 53.6 Å². The third kappa shape index (κ3) is 1.57. The zero-order chi connectivity index (χ0) is 10.3. The van der Waals surface area contributed by atoms with E-state index in [0.717, 1.165) is 30.5 Å². The number of hydrogen-bond donors (Lipinski definition) is 2. The van der Waals surface area contributed by atoms with Gasteiger partial charge in [-0.3, -0.25) is 5.10 Å². The Morgan fingerprint density at radius 1 is 1.40 bits per heavy atom. The quantitative estimate of drug-likeness (QED) is 0.785. The minimum absolute atomic E-state index is 0.561. The summed E-state index contributed by atoms with van der Waals surface area (Å²) in [5.74, 6) is 2.65. The first kappa shape index (κ1) is 9.33. The fourth-order valence-electron chi connectivity index (χ4n) is 2.93. The lowest BCUT2D eigenvalue weighted by Crippen LogP contribution is -2.22. The van der Waals surface area contributed by atoms with Crippen molar-refractivity contribution in [3.8, 4) is 0 Å². The van der Waals surface area contributed by atoms with Gasteiger partial charge in [0, 0.05) is 24.4 Å². The summed E-state index contributed by atoms with van der Waals surface area (Å²) in [6.07, 6.45) is 6.01. The maximum atomic E-state index is 4.59. The molecule has 0 aromatic carbocycles. The first-order chi connectivity index (χ1) is 7.36. The fourth-order valence-corrected chi connectivity index (χ4v) is 2.93. The first-order valence-electron chi connectivity index (χ1n) is 6.04. The van der Waals surface area contributed by atoms with Crippen molar-refractivity contribution in [1.82, 2.24) is 20.5 Å². The fraction of sp³-hybridized carbons (Fsp3) is 0.818. The van der Waals surface area contributed by atoms with Gasteiger partial charge in [0.1, 0.15) is 5.82 Å². The number of fused-ring (bicyclic) bond motifs is 2. The molecule has 3 atom stereocenters. The van der Waals surface area contributed by atoms with E-state index in [-0.39, 0.29) is 0 Å². The zero-order valence-corrected chi connectivity index (χ0v) is 9.16. The number of hydrogen-bond acceptors (Lipinski definition) is 3. The SMILES string of the molecule is CCCc1nc(C2CC3CCC2N3)n[nH]1. The number of nitrogens with zero attached hydrogens (tertiary/aromatic N) is 2. The molecule has 3 heterocycles. The lowest BCUT2D eigenvalue weighted by molar-refractivity contribution is 0.488. The Hall–Kier alpha value is -0.900. The van der Waals surface area contributed by atoms with Crippen molar-refractivity contribution in [3.05, 3.63) is 11.6 Å². The van der Waals surface area contributed by atoms with Crippen LogP contribution < -0.4 is 5.32 Å². The summed E-state index contributed by atoms with van der Waals surface area (Å²) in [4.78, 5) is 4.59. The highest BCUT2D eigenvalue weighted by molar-refractivity contribution is 5.11.